The molecule has 5 heteroatoms. The van der Waals surface area contributed by atoms with Crippen molar-refractivity contribution in [2.45, 2.75) is 39.7 Å². The van der Waals surface area contributed by atoms with Crippen LogP contribution >= 0.6 is 0 Å². The fourth-order valence-electron chi connectivity index (χ4n) is 1.83. The zero-order valence-corrected chi connectivity index (χ0v) is 13.8. The van der Waals surface area contributed by atoms with Crippen LogP contribution in [0.1, 0.15) is 33.6 Å². The van der Waals surface area contributed by atoms with E-state index in [1.165, 1.54) is 6.92 Å². The summed E-state index contributed by atoms with van der Waals surface area (Å²) in [5.74, 6) is 0.294. The summed E-state index contributed by atoms with van der Waals surface area (Å²) in [7, 11) is 0. The van der Waals surface area contributed by atoms with Gasteiger partial charge in [0, 0.05) is 13.1 Å². The maximum absolute atomic E-state index is 11.8. The molecule has 0 aliphatic carbocycles. The molecule has 1 aliphatic rings. The summed E-state index contributed by atoms with van der Waals surface area (Å²) < 4.78 is 10.5. The second-order valence-electron chi connectivity index (χ2n) is 4.63. The van der Waals surface area contributed by atoms with Crippen LogP contribution in [0.4, 0.5) is 4.79 Å². The zero-order valence-electron chi connectivity index (χ0n) is 13.8. The highest BCUT2D eigenvalue weighted by Crippen LogP contribution is 2.15. The SMILES string of the molecule is C=C/C=C\C(=C)OC(=O)N1CCC(OCC(C)=O)CC1.CC. The first-order chi connectivity index (χ1) is 10.5. The lowest BCUT2D eigenvalue weighted by atomic mass is 10.1. The first kappa shape index (κ1) is 20.1. The van der Waals surface area contributed by atoms with Crippen molar-refractivity contribution >= 4 is 11.9 Å². The number of piperidine rings is 1. The van der Waals surface area contributed by atoms with E-state index in [9.17, 15) is 9.59 Å². The molecule has 124 valence electrons. The molecule has 0 bridgehead atoms. The van der Waals surface area contributed by atoms with E-state index in [-0.39, 0.29) is 24.3 Å². The van der Waals surface area contributed by atoms with E-state index >= 15 is 0 Å². The lowest BCUT2D eigenvalue weighted by Crippen LogP contribution is -2.41. The van der Waals surface area contributed by atoms with Gasteiger partial charge in [0.05, 0.1) is 6.10 Å². The number of hydrogen-bond donors (Lipinski definition) is 0. The Morgan fingerprint density at radius 2 is 1.86 bits per heavy atom. The highest BCUT2D eigenvalue weighted by Gasteiger charge is 2.24. The molecule has 0 N–H and O–H groups in total. The summed E-state index contributed by atoms with van der Waals surface area (Å²) in [6.07, 6.45) is 5.84. The van der Waals surface area contributed by atoms with E-state index in [1.54, 1.807) is 23.1 Å². The van der Waals surface area contributed by atoms with Gasteiger partial charge in [0.25, 0.3) is 0 Å². The predicted octanol–water partition coefficient (Wildman–Crippen LogP) is 3.48. The summed E-state index contributed by atoms with van der Waals surface area (Å²) in [6, 6.07) is 0. The van der Waals surface area contributed by atoms with Crippen molar-refractivity contribution in [2.75, 3.05) is 19.7 Å². The lowest BCUT2D eigenvalue weighted by Gasteiger charge is -2.30. The van der Waals surface area contributed by atoms with E-state index in [4.69, 9.17) is 9.47 Å². The third-order valence-corrected chi connectivity index (χ3v) is 2.86. The highest BCUT2D eigenvalue weighted by atomic mass is 16.6. The molecular formula is C17H27NO4. The summed E-state index contributed by atoms with van der Waals surface area (Å²) in [6.45, 7) is 13.9. The maximum atomic E-state index is 11.8. The van der Waals surface area contributed by atoms with Crippen LogP contribution < -0.4 is 0 Å². The van der Waals surface area contributed by atoms with Gasteiger partial charge in [0.1, 0.15) is 12.4 Å². The monoisotopic (exact) mass is 309 g/mol. The second-order valence-corrected chi connectivity index (χ2v) is 4.63. The van der Waals surface area contributed by atoms with Crippen molar-refractivity contribution in [1.29, 1.82) is 0 Å². The molecule has 1 rings (SSSR count). The third-order valence-electron chi connectivity index (χ3n) is 2.86. The molecule has 1 saturated heterocycles. The molecule has 1 fully saturated rings. The van der Waals surface area contributed by atoms with Crippen LogP contribution in [0.25, 0.3) is 0 Å². The standard InChI is InChI=1S/C15H21NO4.C2H6/c1-4-5-6-13(3)20-15(18)16-9-7-14(8-10-16)19-11-12(2)17;1-2/h4-6,14H,1,3,7-11H2,2H3;1-2H3/b6-5-;. The van der Waals surface area contributed by atoms with Crippen LogP contribution in [0.3, 0.4) is 0 Å². The number of ether oxygens (including phenoxy) is 2. The number of ketones is 1. The minimum absolute atomic E-state index is 0.0112. The number of likely N-dealkylation sites (tertiary alicyclic amines) is 1. The zero-order chi connectivity index (χ0) is 17.0. The van der Waals surface area contributed by atoms with Gasteiger partial charge in [-0.2, -0.15) is 0 Å². The Hall–Kier alpha value is -1.88. The number of amides is 1. The Labute approximate surface area is 133 Å². The molecule has 5 nitrogen and oxygen atoms in total. The van der Waals surface area contributed by atoms with Crippen molar-refractivity contribution < 1.29 is 19.1 Å². The van der Waals surface area contributed by atoms with Crippen molar-refractivity contribution in [2.24, 2.45) is 0 Å². The summed E-state index contributed by atoms with van der Waals surface area (Å²) in [5, 5.41) is 0. The molecule has 22 heavy (non-hydrogen) atoms. The normalized spacial score (nSPS) is 15.0. The number of carbonyl (C=O) groups excluding carboxylic acids is 2. The number of carbonyl (C=O) groups is 2. The van der Waals surface area contributed by atoms with Crippen LogP contribution in [-0.4, -0.2) is 42.6 Å². The average Bonchev–Trinajstić information content (AvgIpc) is 2.53. The summed E-state index contributed by atoms with van der Waals surface area (Å²) in [4.78, 5) is 24.3. The van der Waals surface area contributed by atoms with E-state index in [1.807, 2.05) is 13.8 Å². The molecule has 0 saturated carbocycles. The van der Waals surface area contributed by atoms with Gasteiger partial charge >= 0.3 is 6.09 Å². The van der Waals surface area contributed by atoms with Gasteiger partial charge in [-0.25, -0.2) is 4.79 Å². The van der Waals surface area contributed by atoms with Gasteiger partial charge in [0.15, 0.2) is 5.78 Å². The van der Waals surface area contributed by atoms with Gasteiger partial charge in [-0.1, -0.05) is 39.2 Å². The number of Topliss-reactive ketones (excluding diaryl/α,β-unsaturated/α-hetero) is 1. The molecule has 0 aromatic rings. The van der Waals surface area contributed by atoms with Crippen molar-refractivity contribution in [1.82, 2.24) is 4.90 Å². The first-order valence-electron chi connectivity index (χ1n) is 7.58. The van der Waals surface area contributed by atoms with Crippen LogP contribution in [0, 0.1) is 0 Å². The van der Waals surface area contributed by atoms with Crippen molar-refractivity contribution in [3.8, 4) is 0 Å². The summed E-state index contributed by atoms with van der Waals surface area (Å²) in [5.41, 5.74) is 0. The van der Waals surface area contributed by atoms with E-state index in [2.05, 4.69) is 13.2 Å². The molecule has 0 aromatic carbocycles. The first-order valence-corrected chi connectivity index (χ1v) is 7.58. The topological polar surface area (TPSA) is 55.8 Å². The Balaban J connectivity index is 0.00000211. The van der Waals surface area contributed by atoms with Crippen LogP contribution in [0.2, 0.25) is 0 Å². The van der Waals surface area contributed by atoms with Crippen LogP contribution in [0.5, 0.6) is 0 Å². The minimum atomic E-state index is -0.409. The van der Waals surface area contributed by atoms with E-state index in [0.717, 1.165) is 0 Å². The molecular weight excluding hydrogens is 282 g/mol. The predicted molar refractivity (Wildman–Crippen MR) is 87.5 cm³/mol. The van der Waals surface area contributed by atoms with E-state index < -0.39 is 6.09 Å². The van der Waals surface area contributed by atoms with Crippen molar-refractivity contribution in [3.63, 3.8) is 0 Å². The minimum Gasteiger partial charge on any atom is -0.411 e. The van der Waals surface area contributed by atoms with Gasteiger partial charge in [-0.15, -0.1) is 0 Å². The molecule has 0 atom stereocenters. The van der Waals surface area contributed by atoms with E-state index in [0.29, 0.717) is 25.9 Å². The molecule has 1 heterocycles. The lowest BCUT2D eigenvalue weighted by molar-refractivity contribution is -0.124. The van der Waals surface area contributed by atoms with Gasteiger partial charge in [-0.3, -0.25) is 4.79 Å². The van der Waals surface area contributed by atoms with Gasteiger partial charge in [0.2, 0.25) is 0 Å². The second kappa shape index (κ2) is 11.7. The molecule has 0 aromatic heterocycles. The Kier molecular flexibility index (Phi) is 10.7. The number of rotatable bonds is 6. The molecule has 1 amide bonds. The fourth-order valence-corrected chi connectivity index (χ4v) is 1.83. The Bertz CT molecular complexity index is 407. The molecule has 0 radical (unpaired) electrons. The number of allylic oxidation sites excluding steroid dienone is 3. The fraction of sp³-hybridized carbons (Fsp3) is 0.529. The molecule has 0 spiro atoms. The molecule has 1 aliphatic heterocycles. The highest BCUT2D eigenvalue weighted by molar-refractivity contribution is 5.76. The maximum Gasteiger partial charge on any atom is 0.415 e. The van der Waals surface area contributed by atoms with Gasteiger partial charge in [-0.05, 0) is 25.8 Å². The molecule has 0 unspecified atom stereocenters. The Morgan fingerprint density at radius 3 is 2.36 bits per heavy atom. The third kappa shape index (κ3) is 8.42. The summed E-state index contributed by atoms with van der Waals surface area (Å²) >= 11 is 0. The van der Waals surface area contributed by atoms with Crippen LogP contribution in [0.15, 0.2) is 37.1 Å². The largest absolute Gasteiger partial charge is 0.415 e. The van der Waals surface area contributed by atoms with Gasteiger partial charge < -0.3 is 14.4 Å². The quantitative estimate of drug-likeness (QED) is 0.557. The van der Waals surface area contributed by atoms with Crippen LogP contribution in [-0.2, 0) is 14.3 Å². The van der Waals surface area contributed by atoms with Crippen molar-refractivity contribution in [3.05, 3.63) is 37.1 Å². The average molecular weight is 309 g/mol. The number of hydrogen-bond acceptors (Lipinski definition) is 4. The number of nitrogens with zero attached hydrogens (tertiary/aromatic N) is 1. The smallest absolute Gasteiger partial charge is 0.411 e. The Morgan fingerprint density at radius 1 is 1.27 bits per heavy atom.